The van der Waals surface area contributed by atoms with Gasteiger partial charge in [-0.15, -0.1) is 12.6 Å². The summed E-state index contributed by atoms with van der Waals surface area (Å²) in [5.74, 6) is 0. The summed E-state index contributed by atoms with van der Waals surface area (Å²) in [6.45, 7) is 6.85. The van der Waals surface area contributed by atoms with E-state index in [9.17, 15) is 0 Å². The minimum atomic E-state index is 0.814. The highest BCUT2D eigenvalue weighted by Crippen LogP contribution is 2.19. The first-order valence-electron chi connectivity index (χ1n) is 28.7. The van der Waals surface area contributed by atoms with E-state index in [0.29, 0.717) is 0 Å². The predicted octanol–water partition coefficient (Wildman–Crippen LogP) is 21.8. The summed E-state index contributed by atoms with van der Waals surface area (Å²) in [6.07, 6.45) is 75.5. The summed E-state index contributed by atoms with van der Waals surface area (Å²) >= 11 is 10.1. The number of thiol groups is 1. The van der Waals surface area contributed by atoms with Crippen molar-refractivity contribution in [3.05, 3.63) is 0 Å². The smallest absolute Gasteiger partial charge is 0.133 e. The first-order valence-corrected chi connectivity index (χ1v) is 29.6. The Labute approximate surface area is 392 Å². The summed E-state index contributed by atoms with van der Waals surface area (Å²) in [5, 5.41) is 0. The van der Waals surface area contributed by atoms with Crippen LogP contribution in [0, 0.1) is 0 Å². The van der Waals surface area contributed by atoms with Crippen molar-refractivity contribution in [2.24, 2.45) is 0 Å². The van der Waals surface area contributed by atoms with Crippen molar-refractivity contribution in [2.45, 2.75) is 348 Å². The highest BCUT2D eigenvalue weighted by Gasteiger charge is 2.06. The van der Waals surface area contributed by atoms with E-state index in [2.05, 4.69) is 31.4 Å². The van der Waals surface area contributed by atoms with Gasteiger partial charge in [0.15, 0.2) is 0 Å². The maximum atomic E-state index is 5.49. The third kappa shape index (κ3) is 52.6. The molecule has 60 heavy (non-hydrogen) atoms. The number of nitrogens with zero attached hydrogens (tertiary/aromatic N) is 1. The Kier molecular flexibility index (Phi) is 55.6. The monoisotopic (exact) mass is 878 g/mol. The molecule has 0 N–H and O–H groups in total. The molecule has 0 aromatic heterocycles. The highest BCUT2D eigenvalue weighted by atomic mass is 32.1. The zero-order chi connectivity index (χ0) is 43.3. The van der Waals surface area contributed by atoms with Gasteiger partial charge in [0.1, 0.15) is 4.32 Å². The SMILES string of the molecule is CCCCCCCCCCCCCCCCCCCCCCCCCCCCN(CCCCCCCCCCCCCCCCCCCCCCCCCCCC)C(=S)S. The molecule has 0 aromatic carbocycles. The zero-order valence-corrected chi connectivity index (χ0v) is 43.7. The molecule has 0 rings (SSSR count). The summed E-state index contributed by atoms with van der Waals surface area (Å²) in [6, 6.07) is 0. The van der Waals surface area contributed by atoms with Crippen molar-refractivity contribution in [1.82, 2.24) is 4.90 Å². The standard InChI is InChI=1S/C57H115NS2/c1-3-5-7-9-11-13-15-17-19-21-23-25-27-29-31-33-35-37-39-41-43-45-47-49-51-53-55-58(57(59)60)56-54-52-50-48-46-44-42-40-38-36-34-32-30-28-26-24-22-20-18-16-14-12-10-8-6-4-2/h3-56H2,1-2H3,(H,59,60). The van der Waals surface area contributed by atoms with Crippen LogP contribution >= 0.6 is 24.8 Å². The van der Waals surface area contributed by atoms with Crippen LogP contribution in [0.1, 0.15) is 348 Å². The van der Waals surface area contributed by atoms with Gasteiger partial charge in [-0.2, -0.15) is 0 Å². The highest BCUT2D eigenvalue weighted by molar-refractivity contribution is 8.10. The molecule has 3 heteroatoms. The van der Waals surface area contributed by atoms with Gasteiger partial charge in [0, 0.05) is 13.1 Å². The summed E-state index contributed by atoms with van der Waals surface area (Å²) in [5.41, 5.74) is 0. The molecule has 0 fully saturated rings. The van der Waals surface area contributed by atoms with E-state index in [1.54, 1.807) is 0 Å². The molecular weight excluding hydrogens is 763 g/mol. The van der Waals surface area contributed by atoms with Crippen molar-refractivity contribution in [2.75, 3.05) is 13.1 Å². The summed E-state index contributed by atoms with van der Waals surface area (Å²) in [7, 11) is 0. The Hall–Kier alpha value is 0.240. The van der Waals surface area contributed by atoms with Crippen LogP contribution in [-0.2, 0) is 0 Å². The first kappa shape index (κ1) is 60.2. The van der Waals surface area contributed by atoms with Crippen molar-refractivity contribution in [3.8, 4) is 0 Å². The van der Waals surface area contributed by atoms with E-state index in [1.807, 2.05) is 0 Å². The summed E-state index contributed by atoms with van der Waals surface area (Å²) < 4.78 is 0.814. The lowest BCUT2D eigenvalue weighted by Crippen LogP contribution is -2.28. The molecule has 0 saturated carbocycles. The Morgan fingerprint density at radius 3 is 0.467 bits per heavy atom. The van der Waals surface area contributed by atoms with E-state index >= 15 is 0 Å². The van der Waals surface area contributed by atoms with Crippen LogP contribution in [0.2, 0.25) is 0 Å². The fourth-order valence-corrected chi connectivity index (χ4v) is 9.92. The van der Waals surface area contributed by atoms with Crippen LogP contribution in [0.5, 0.6) is 0 Å². The van der Waals surface area contributed by atoms with Gasteiger partial charge >= 0.3 is 0 Å². The lowest BCUT2D eigenvalue weighted by atomic mass is 10.0. The normalized spacial score (nSPS) is 11.6. The molecule has 0 heterocycles. The van der Waals surface area contributed by atoms with Crippen LogP contribution in [0.3, 0.4) is 0 Å². The molecule has 360 valence electrons. The summed E-state index contributed by atoms with van der Waals surface area (Å²) in [4.78, 5) is 2.37. The number of hydrogen-bond acceptors (Lipinski definition) is 1. The lowest BCUT2D eigenvalue weighted by molar-refractivity contribution is 0.394. The van der Waals surface area contributed by atoms with E-state index in [-0.39, 0.29) is 0 Å². The molecule has 0 aromatic rings. The fourth-order valence-electron chi connectivity index (χ4n) is 9.54. The van der Waals surface area contributed by atoms with Gasteiger partial charge in [0.05, 0.1) is 0 Å². The Morgan fingerprint density at radius 1 is 0.233 bits per heavy atom. The molecule has 0 aliphatic carbocycles. The number of rotatable bonds is 54. The fraction of sp³-hybridized carbons (Fsp3) is 0.982. The quantitative estimate of drug-likeness (QED) is 0.0368. The van der Waals surface area contributed by atoms with E-state index in [0.717, 1.165) is 17.4 Å². The third-order valence-corrected chi connectivity index (χ3v) is 14.4. The molecule has 0 radical (unpaired) electrons. The van der Waals surface area contributed by atoms with Crippen molar-refractivity contribution in [1.29, 1.82) is 0 Å². The number of unbranched alkanes of at least 4 members (excludes halogenated alkanes) is 50. The predicted molar refractivity (Wildman–Crippen MR) is 285 cm³/mol. The van der Waals surface area contributed by atoms with Crippen molar-refractivity contribution in [3.63, 3.8) is 0 Å². The average molecular weight is 879 g/mol. The van der Waals surface area contributed by atoms with Gasteiger partial charge in [0.25, 0.3) is 0 Å². The molecule has 0 atom stereocenters. The second-order valence-corrected chi connectivity index (χ2v) is 21.1. The van der Waals surface area contributed by atoms with Gasteiger partial charge < -0.3 is 4.90 Å². The first-order chi connectivity index (χ1) is 29.7. The van der Waals surface area contributed by atoms with Gasteiger partial charge in [-0.05, 0) is 12.8 Å². The molecule has 0 amide bonds. The van der Waals surface area contributed by atoms with Crippen molar-refractivity contribution < 1.29 is 0 Å². The lowest BCUT2D eigenvalue weighted by Gasteiger charge is -2.22. The van der Waals surface area contributed by atoms with Crippen LogP contribution in [0.25, 0.3) is 0 Å². The minimum Gasteiger partial charge on any atom is -0.358 e. The van der Waals surface area contributed by atoms with E-state index in [1.165, 1.54) is 334 Å². The Bertz CT molecular complexity index is 713. The molecule has 0 aliphatic rings. The number of hydrogen-bond donors (Lipinski definition) is 1. The maximum absolute atomic E-state index is 5.49. The van der Waals surface area contributed by atoms with Crippen LogP contribution in [-0.4, -0.2) is 22.3 Å². The van der Waals surface area contributed by atoms with Crippen LogP contribution in [0.15, 0.2) is 0 Å². The van der Waals surface area contributed by atoms with Gasteiger partial charge in [-0.3, -0.25) is 0 Å². The second-order valence-electron chi connectivity index (χ2n) is 19.9. The third-order valence-electron chi connectivity index (χ3n) is 13.8. The van der Waals surface area contributed by atoms with Gasteiger partial charge in [-0.25, -0.2) is 0 Å². The largest absolute Gasteiger partial charge is 0.358 e. The van der Waals surface area contributed by atoms with E-state index < -0.39 is 0 Å². The van der Waals surface area contributed by atoms with Gasteiger partial charge in [0.2, 0.25) is 0 Å². The average Bonchev–Trinajstić information content (AvgIpc) is 3.25. The Morgan fingerprint density at radius 2 is 0.350 bits per heavy atom. The maximum Gasteiger partial charge on any atom is 0.133 e. The van der Waals surface area contributed by atoms with E-state index in [4.69, 9.17) is 12.2 Å². The second kappa shape index (κ2) is 55.4. The molecule has 0 spiro atoms. The molecule has 0 saturated heterocycles. The molecule has 1 nitrogen and oxygen atoms in total. The topological polar surface area (TPSA) is 3.24 Å². The van der Waals surface area contributed by atoms with Crippen molar-refractivity contribution >= 4 is 29.2 Å². The molecule has 0 aliphatic heterocycles. The number of thiocarbonyl (C=S) groups is 1. The molecule has 0 bridgehead atoms. The minimum absolute atomic E-state index is 0.814. The van der Waals surface area contributed by atoms with Crippen LogP contribution < -0.4 is 0 Å². The van der Waals surface area contributed by atoms with Crippen LogP contribution in [0.4, 0.5) is 0 Å². The molecular formula is C57H115NS2. The Balaban J connectivity index is 3.30. The zero-order valence-electron chi connectivity index (χ0n) is 42.0. The van der Waals surface area contributed by atoms with Gasteiger partial charge in [-0.1, -0.05) is 347 Å². The molecule has 0 unspecified atom stereocenters.